The number of H-pyrrole nitrogens is 2. The van der Waals surface area contributed by atoms with Gasteiger partial charge < -0.3 is 5.11 Å². The highest BCUT2D eigenvalue weighted by atomic mass is 32.2. The van der Waals surface area contributed by atoms with Crippen LogP contribution in [0.25, 0.3) is 0 Å². The lowest BCUT2D eigenvalue weighted by molar-refractivity contribution is -0.140. The molecule has 0 radical (unpaired) electrons. The van der Waals surface area contributed by atoms with Gasteiger partial charge in [0.05, 0.1) is 0 Å². The summed E-state index contributed by atoms with van der Waals surface area (Å²) in [5.41, 5.74) is -2.13. The highest BCUT2D eigenvalue weighted by molar-refractivity contribution is 7.89. The third-order valence-electron chi connectivity index (χ3n) is 2.72. The van der Waals surface area contributed by atoms with Gasteiger partial charge in [-0.3, -0.25) is 14.6 Å². The number of carboxylic acid groups (broad SMARTS) is 1. The number of sulfonamides is 1. The summed E-state index contributed by atoms with van der Waals surface area (Å²) in [5, 5.41) is 13.0. The van der Waals surface area contributed by atoms with Crippen molar-refractivity contribution in [3.63, 3.8) is 0 Å². The van der Waals surface area contributed by atoms with Gasteiger partial charge in [-0.05, 0) is 12.8 Å². The first-order chi connectivity index (χ1) is 8.84. The predicted octanol–water partition coefficient (Wildman–Crippen LogP) is -2.30. The van der Waals surface area contributed by atoms with Crippen LogP contribution >= 0.6 is 0 Å². The average molecular weight is 290 g/mol. The van der Waals surface area contributed by atoms with Crippen molar-refractivity contribution in [2.75, 3.05) is 6.54 Å². The summed E-state index contributed by atoms with van der Waals surface area (Å²) in [6, 6.07) is -1.22. The first-order valence-electron chi connectivity index (χ1n) is 5.27. The number of carboxylic acids is 1. The number of hydrogen-bond acceptors (Lipinski definition) is 6. The van der Waals surface area contributed by atoms with E-state index in [0.29, 0.717) is 10.7 Å². The summed E-state index contributed by atoms with van der Waals surface area (Å²) in [5.74, 6) is -1.29. The van der Waals surface area contributed by atoms with Crippen LogP contribution < -0.4 is 11.2 Å². The van der Waals surface area contributed by atoms with Crippen LogP contribution in [-0.4, -0.2) is 51.6 Å². The van der Waals surface area contributed by atoms with E-state index < -0.39 is 38.3 Å². The van der Waals surface area contributed by atoms with E-state index in [4.69, 9.17) is 5.11 Å². The van der Waals surface area contributed by atoms with Crippen molar-refractivity contribution in [1.82, 2.24) is 19.5 Å². The Labute approximate surface area is 106 Å². The molecule has 10 nitrogen and oxygen atoms in total. The van der Waals surface area contributed by atoms with E-state index in [0.717, 1.165) is 0 Å². The lowest BCUT2D eigenvalue weighted by Gasteiger charge is -2.19. The van der Waals surface area contributed by atoms with Crippen molar-refractivity contribution in [2.24, 2.45) is 0 Å². The zero-order chi connectivity index (χ0) is 14.2. The molecule has 1 aromatic rings. The lowest BCUT2D eigenvalue weighted by Crippen LogP contribution is -2.43. The fourth-order valence-corrected chi connectivity index (χ4v) is 3.47. The van der Waals surface area contributed by atoms with E-state index in [9.17, 15) is 22.8 Å². The molecule has 1 aliphatic heterocycles. The molecule has 0 aromatic carbocycles. The van der Waals surface area contributed by atoms with E-state index in [1.54, 1.807) is 10.1 Å². The summed E-state index contributed by atoms with van der Waals surface area (Å²) in [6.45, 7) is -0.0143. The number of hydrogen-bond donors (Lipinski definition) is 3. The Morgan fingerprint density at radius 1 is 1.42 bits per heavy atom. The number of nitrogens with zero attached hydrogens (tertiary/aromatic N) is 2. The molecule has 1 aliphatic rings. The monoisotopic (exact) mass is 290 g/mol. The molecular weight excluding hydrogens is 280 g/mol. The van der Waals surface area contributed by atoms with Gasteiger partial charge in [0, 0.05) is 6.54 Å². The SMILES string of the molecule is O=C(O)[C@@H]1CCCN1S(=O)(=O)c1n[nH]c(=O)[nH]c1=O. The fraction of sp³-hybridized carbons (Fsp3) is 0.500. The van der Waals surface area contributed by atoms with Crippen molar-refractivity contribution in [1.29, 1.82) is 0 Å². The Hall–Kier alpha value is -2.01. The third kappa shape index (κ3) is 2.29. The molecule has 1 aromatic heterocycles. The molecule has 1 fully saturated rings. The van der Waals surface area contributed by atoms with Crippen molar-refractivity contribution in [3.8, 4) is 0 Å². The minimum Gasteiger partial charge on any atom is -0.480 e. The summed E-state index contributed by atoms with van der Waals surface area (Å²) >= 11 is 0. The largest absolute Gasteiger partial charge is 0.480 e. The second kappa shape index (κ2) is 4.59. The van der Waals surface area contributed by atoms with Gasteiger partial charge in [-0.15, -0.1) is 0 Å². The summed E-state index contributed by atoms with van der Waals surface area (Å²) in [7, 11) is -4.35. The van der Waals surface area contributed by atoms with E-state index >= 15 is 0 Å². The minimum atomic E-state index is -4.35. The Kier molecular flexibility index (Phi) is 3.24. The standard InChI is InChI=1S/C8H10N4O6S/c13-5-6(10-11-8(16)9-5)19(17,18)12-3-1-2-4(12)7(14)15/h4H,1-3H2,(H,14,15)(H2,9,11,13,16)/t4-/m0/s1. The Morgan fingerprint density at radius 3 is 2.68 bits per heavy atom. The second-order valence-electron chi connectivity index (χ2n) is 3.92. The van der Waals surface area contributed by atoms with Gasteiger partial charge in [-0.25, -0.2) is 18.3 Å². The van der Waals surface area contributed by atoms with Gasteiger partial charge in [0.2, 0.25) is 0 Å². The van der Waals surface area contributed by atoms with Crippen LogP contribution in [0.1, 0.15) is 12.8 Å². The van der Waals surface area contributed by atoms with Gasteiger partial charge in [0.1, 0.15) is 6.04 Å². The van der Waals surface area contributed by atoms with Crippen molar-refractivity contribution in [3.05, 3.63) is 20.8 Å². The van der Waals surface area contributed by atoms with Crippen molar-refractivity contribution in [2.45, 2.75) is 23.9 Å². The molecule has 2 rings (SSSR count). The molecule has 0 bridgehead atoms. The molecule has 0 saturated carbocycles. The third-order valence-corrected chi connectivity index (χ3v) is 4.54. The first-order valence-corrected chi connectivity index (χ1v) is 6.71. The van der Waals surface area contributed by atoms with Gasteiger partial charge in [-0.2, -0.15) is 9.40 Å². The molecule has 104 valence electrons. The normalized spacial score (nSPS) is 20.5. The number of rotatable bonds is 3. The van der Waals surface area contributed by atoms with E-state index in [-0.39, 0.29) is 13.0 Å². The topological polar surface area (TPSA) is 153 Å². The lowest BCUT2D eigenvalue weighted by atomic mass is 10.2. The summed E-state index contributed by atoms with van der Waals surface area (Å²) in [6.07, 6.45) is 0.535. The zero-order valence-corrected chi connectivity index (χ0v) is 10.3. The summed E-state index contributed by atoms with van der Waals surface area (Å²) in [4.78, 5) is 34.9. The molecule has 0 spiro atoms. The molecule has 1 saturated heterocycles. The molecule has 0 amide bonds. The predicted molar refractivity (Wildman–Crippen MR) is 60.0 cm³/mol. The molecule has 2 heterocycles. The van der Waals surface area contributed by atoms with Gasteiger partial charge in [0.15, 0.2) is 0 Å². The van der Waals surface area contributed by atoms with Crippen LogP contribution in [0.5, 0.6) is 0 Å². The maximum Gasteiger partial charge on any atom is 0.342 e. The van der Waals surface area contributed by atoms with Crippen LogP contribution in [0.3, 0.4) is 0 Å². The molecule has 0 aliphatic carbocycles. The smallest absolute Gasteiger partial charge is 0.342 e. The van der Waals surface area contributed by atoms with Crippen LogP contribution in [0, 0.1) is 0 Å². The first kappa shape index (κ1) is 13.4. The zero-order valence-electron chi connectivity index (χ0n) is 9.49. The maximum atomic E-state index is 12.1. The Bertz CT molecular complexity index is 719. The molecule has 19 heavy (non-hydrogen) atoms. The maximum absolute atomic E-state index is 12.1. The van der Waals surface area contributed by atoms with Crippen LogP contribution in [0.4, 0.5) is 0 Å². The van der Waals surface area contributed by atoms with Crippen molar-refractivity contribution >= 4 is 16.0 Å². The van der Waals surface area contributed by atoms with Gasteiger partial charge >= 0.3 is 11.7 Å². The van der Waals surface area contributed by atoms with E-state index in [2.05, 4.69) is 5.10 Å². The molecule has 0 unspecified atom stereocenters. The molecule has 3 N–H and O–H groups in total. The second-order valence-corrected chi connectivity index (χ2v) is 5.73. The summed E-state index contributed by atoms with van der Waals surface area (Å²) < 4.78 is 25.0. The van der Waals surface area contributed by atoms with Gasteiger partial charge in [-0.1, -0.05) is 0 Å². The van der Waals surface area contributed by atoms with E-state index in [1.165, 1.54) is 0 Å². The molecule has 1 atom stereocenters. The van der Waals surface area contributed by atoms with Crippen LogP contribution in [0.2, 0.25) is 0 Å². The number of aromatic nitrogens is 3. The number of nitrogens with one attached hydrogen (secondary N) is 2. The highest BCUT2D eigenvalue weighted by Gasteiger charge is 2.41. The van der Waals surface area contributed by atoms with Gasteiger partial charge in [0.25, 0.3) is 20.6 Å². The average Bonchev–Trinajstić information content (AvgIpc) is 2.77. The fourth-order valence-electron chi connectivity index (χ4n) is 1.90. The molecular formula is C8H10N4O6S. The van der Waals surface area contributed by atoms with E-state index in [1.807, 2.05) is 0 Å². The molecule has 11 heteroatoms. The van der Waals surface area contributed by atoms with Crippen molar-refractivity contribution < 1.29 is 18.3 Å². The number of aliphatic carboxylic acids is 1. The Balaban J connectivity index is 2.51. The number of carbonyl (C=O) groups is 1. The minimum absolute atomic E-state index is 0.0143. The Morgan fingerprint density at radius 2 is 2.11 bits per heavy atom. The quantitative estimate of drug-likeness (QED) is 0.565. The van der Waals surface area contributed by atoms with Crippen LogP contribution in [-0.2, 0) is 14.8 Å². The number of aromatic amines is 2. The van der Waals surface area contributed by atoms with Crippen LogP contribution in [0.15, 0.2) is 14.6 Å². The highest BCUT2D eigenvalue weighted by Crippen LogP contribution is 2.23.